The number of nitrogens with two attached hydrogens (primary N) is 1. The zero-order chi connectivity index (χ0) is 13.7. The van der Waals surface area contributed by atoms with E-state index in [1.807, 2.05) is 18.4 Å². The molecule has 4 heteroatoms. The molecule has 1 aliphatic rings. The fraction of sp³-hybridized carbons (Fsp3) is 0.667. The number of hydrogen-bond acceptors (Lipinski definition) is 3. The number of thiophene rings is 1. The highest BCUT2D eigenvalue weighted by Crippen LogP contribution is 2.35. The number of rotatable bonds is 4. The Hall–Kier alpha value is -0.870. The third kappa shape index (κ3) is 3.37. The molecular formula is C15H24N2OS. The van der Waals surface area contributed by atoms with Crippen molar-refractivity contribution < 1.29 is 4.79 Å². The Bertz CT molecular complexity index is 394. The van der Waals surface area contributed by atoms with Gasteiger partial charge in [-0.3, -0.25) is 4.79 Å². The molecule has 106 valence electrons. The Morgan fingerprint density at radius 1 is 1.42 bits per heavy atom. The molecule has 3 nitrogen and oxygen atoms in total. The fourth-order valence-electron chi connectivity index (χ4n) is 2.89. The third-order valence-corrected chi connectivity index (χ3v) is 5.31. The molecule has 1 unspecified atom stereocenters. The molecular weight excluding hydrogens is 256 g/mol. The molecule has 1 saturated carbocycles. The third-order valence-electron chi connectivity index (χ3n) is 4.25. The lowest BCUT2D eigenvalue weighted by Gasteiger charge is -2.31. The zero-order valence-electron chi connectivity index (χ0n) is 11.7. The van der Waals surface area contributed by atoms with Crippen LogP contribution >= 0.6 is 11.3 Å². The van der Waals surface area contributed by atoms with Crippen LogP contribution in [0.2, 0.25) is 0 Å². The second kappa shape index (κ2) is 6.53. The molecule has 0 radical (unpaired) electrons. The summed E-state index contributed by atoms with van der Waals surface area (Å²) in [5, 5.41) is 5.21. The highest BCUT2D eigenvalue weighted by atomic mass is 32.1. The van der Waals surface area contributed by atoms with Crippen molar-refractivity contribution in [1.82, 2.24) is 5.32 Å². The number of carbonyl (C=O) groups is 1. The second-order valence-corrected chi connectivity index (χ2v) is 6.59. The van der Waals surface area contributed by atoms with Gasteiger partial charge in [0.25, 0.3) is 0 Å². The van der Waals surface area contributed by atoms with Crippen molar-refractivity contribution in [3.8, 4) is 0 Å². The maximum absolute atomic E-state index is 12.6. The Morgan fingerprint density at radius 2 is 2.11 bits per heavy atom. The molecule has 0 saturated heterocycles. The molecule has 1 aromatic rings. The second-order valence-electron chi connectivity index (χ2n) is 5.61. The molecule has 0 spiro atoms. The van der Waals surface area contributed by atoms with Crippen LogP contribution in [0, 0.1) is 5.41 Å². The summed E-state index contributed by atoms with van der Waals surface area (Å²) in [6.07, 6.45) is 6.58. The molecule has 2 rings (SSSR count). The van der Waals surface area contributed by atoms with Gasteiger partial charge in [0.15, 0.2) is 0 Å². The molecule has 1 heterocycles. The van der Waals surface area contributed by atoms with Crippen LogP contribution in [-0.2, 0) is 4.79 Å². The van der Waals surface area contributed by atoms with Crippen molar-refractivity contribution in [3.63, 3.8) is 0 Å². The molecule has 1 fully saturated rings. The molecule has 0 aliphatic heterocycles. The van der Waals surface area contributed by atoms with E-state index < -0.39 is 0 Å². The molecule has 19 heavy (non-hydrogen) atoms. The molecule has 1 aromatic heterocycles. The van der Waals surface area contributed by atoms with E-state index in [0.717, 1.165) is 25.7 Å². The molecule has 1 amide bonds. The van der Waals surface area contributed by atoms with E-state index in [-0.39, 0.29) is 17.4 Å². The van der Waals surface area contributed by atoms with Crippen molar-refractivity contribution in [2.45, 2.75) is 51.5 Å². The smallest absolute Gasteiger partial charge is 0.227 e. The van der Waals surface area contributed by atoms with Crippen molar-refractivity contribution in [2.75, 3.05) is 6.54 Å². The Kier molecular flexibility index (Phi) is 4.99. The predicted molar refractivity (Wildman–Crippen MR) is 80.1 cm³/mol. The van der Waals surface area contributed by atoms with Crippen molar-refractivity contribution >= 4 is 17.2 Å². The van der Waals surface area contributed by atoms with Gasteiger partial charge < -0.3 is 11.1 Å². The van der Waals surface area contributed by atoms with E-state index in [4.69, 9.17) is 5.73 Å². The van der Waals surface area contributed by atoms with E-state index in [1.54, 1.807) is 11.3 Å². The molecule has 0 bridgehead atoms. The lowest BCUT2D eigenvalue weighted by molar-refractivity contribution is -0.132. The van der Waals surface area contributed by atoms with Gasteiger partial charge in [-0.15, -0.1) is 11.3 Å². The Labute approximate surface area is 119 Å². The van der Waals surface area contributed by atoms with E-state index in [9.17, 15) is 4.79 Å². The standard InChI is InChI=1S/C15H24N2OS/c1-12(13-7-6-10-19-13)17-14(18)15(11-16)8-4-2-3-5-9-15/h6-7,10,12H,2-5,8-9,11,16H2,1H3,(H,17,18). The first-order chi connectivity index (χ1) is 9.18. The van der Waals surface area contributed by atoms with Crippen LogP contribution in [0.15, 0.2) is 17.5 Å². The minimum atomic E-state index is -0.331. The van der Waals surface area contributed by atoms with Crippen LogP contribution < -0.4 is 11.1 Å². The summed E-state index contributed by atoms with van der Waals surface area (Å²) < 4.78 is 0. The average molecular weight is 280 g/mol. The monoisotopic (exact) mass is 280 g/mol. The first-order valence-corrected chi connectivity index (χ1v) is 8.10. The molecule has 1 aliphatic carbocycles. The summed E-state index contributed by atoms with van der Waals surface area (Å²) in [5.74, 6) is 0.151. The normalized spacial score (nSPS) is 20.5. The van der Waals surface area contributed by atoms with Crippen molar-refractivity contribution in [1.29, 1.82) is 0 Å². The highest BCUT2D eigenvalue weighted by molar-refractivity contribution is 7.10. The quantitative estimate of drug-likeness (QED) is 0.832. The number of carbonyl (C=O) groups excluding carboxylic acids is 1. The zero-order valence-corrected chi connectivity index (χ0v) is 12.5. The molecule has 0 aromatic carbocycles. The van der Waals surface area contributed by atoms with Crippen LogP contribution in [0.5, 0.6) is 0 Å². The van der Waals surface area contributed by atoms with E-state index >= 15 is 0 Å². The predicted octanol–water partition coefficient (Wildman–Crippen LogP) is 3.22. The van der Waals surface area contributed by atoms with Crippen LogP contribution in [0.25, 0.3) is 0 Å². The minimum absolute atomic E-state index is 0.0826. The first kappa shape index (κ1) is 14.5. The van der Waals surface area contributed by atoms with Crippen molar-refractivity contribution in [3.05, 3.63) is 22.4 Å². The van der Waals surface area contributed by atoms with Crippen LogP contribution in [0.3, 0.4) is 0 Å². The van der Waals surface area contributed by atoms with E-state index in [2.05, 4.69) is 11.4 Å². The van der Waals surface area contributed by atoms with Gasteiger partial charge in [-0.1, -0.05) is 31.7 Å². The van der Waals surface area contributed by atoms with Crippen LogP contribution in [0.4, 0.5) is 0 Å². The number of hydrogen-bond donors (Lipinski definition) is 2. The average Bonchev–Trinajstić information content (AvgIpc) is 2.84. The van der Waals surface area contributed by atoms with Crippen molar-refractivity contribution in [2.24, 2.45) is 11.1 Å². The maximum Gasteiger partial charge on any atom is 0.227 e. The minimum Gasteiger partial charge on any atom is -0.348 e. The highest BCUT2D eigenvalue weighted by Gasteiger charge is 2.37. The van der Waals surface area contributed by atoms with E-state index in [1.165, 1.54) is 17.7 Å². The Balaban J connectivity index is 2.03. The van der Waals surface area contributed by atoms with Gasteiger partial charge in [0.05, 0.1) is 11.5 Å². The van der Waals surface area contributed by atoms with Gasteiger partial charge in [-0.05, 0) is 31.2 Å². The van der Waals surface area contributed by atoms with Gasteiger partial charge in [-0.2, -0.15) is 0 Å². The van der Waals surface area contributed by atoms with Gasteiger partial charge >= 0.3 is 0 Å². The van der Waals surface area contributed by atoms with E-state index in [0.29, 0.717) is 6.54 Å². The lowest BCUT2D eigenvalue weighted by atomic mass is 9.79. The Morgan fingerprint density at radius 3 is 2.63 bits per heavy atom. The summed E-state index contributed by atoms with van der Waals surface area (Å²) in [5.41, 5.74) is 5.61. The first-order valence-electron chi connectivity index (χ1n) is 7.22. The lowest BCUT2D eigenvalue weighted by Crippen LogP contribution is -2.46. The molecule has 1 atom stereocenters. The number of amides is 1. The fourth-order valence-corrected chi connectivity index (χ4v) is 3.62. The SMILES string of the molecule is CC(NC(=O)C1(CN)CCCCCC1)c1cccs1. The topological polar surface area (TPSA) is 55.1 Å². The maximum atomic E-state index is 12.6. The van der Waals surface area contributed by atoms with Crippen LogP contribution in [-0.4, -0.2) is 12.5 Å². The summed E-state index contributed by atoms with van der Waals surface area (Å²) in [6, 6.07) is 4.17. The number of nitrogens with one attached hydrogen (secondary N) is 1. The van der Waals surface area contributed by atoms with Gasteiger partial charge in [0, 0.05) is 11.4 Å². The van der Waals surface area contributed by atoms with Gasteiger partial charge in [0.1, 0.15) is 0 Å². The summed E-state index contributed by atoms with van der Waals surface area (Å²) in [4.78, 5) is 13.8. The summed E-state index contributed by atoms with van der Waals surface area (Å²) in [6.45, 7) is 2.51. The van der Waals surface area contributed by atoms with Crippen LogP contribution in [0.1, 0.15) is 56.4 Å². The summed E-state index contributed by atoms with van der Waals surface area (Å²) in [7, 11) is 0. The van der Waals surface area contributed by atoms with Gasteiger partial charge in [0.2, 0.25) is 5.91 Å². The van der Waals surface area contributed by atoms with Gasteiger partial charge in [-0.25, -0.2) is 0 Å². The molecule has 3 N–H and O–H groups in total. The summed E-state index contributed by atoms with van der Waals surface area (Å²) >= 11 is 1.68. The largest absolute Gasteiger partial charge is 0.348 e.